The maximum Gasteiger partial charge on any atom is 0.249 e. The minimum atomic E-state index is -3.90. The van der Waals surface area contributed by atoms with Crippen LogP contribution < -0.4 is 10.0 Å². The summed E-state index contributed by atoms with van der Waals surface area (Å²) in [5.74, 6) is 0. The predicted molar refractivity (Wildman–Crippen MR) is 80.6 cm³/mol. The first kappa shape index (κ1) is 16.9. The molecule has 0 amide bonds. The van der Waals surface area contributed by atoms with E-state index >= 15 is 0 Å². The fourth-order valence-corrected chi connectivity index (χ4v) is 5.34. The number of nitrogens with two attached hydrogens (primary N) is 1. The molecule has 0 fully saturated rings. The summed E-state index contributed by atoms with van der Waals surface area (Å²) in [6.45, 7) is 2.43. The van der Waals surface area contributed by atoms with Gasteiger partial charge in [-0.25, -0.2) is 16.8 Å². The number of nitrogens with zero attached hydrogens (tertiary/aromatic N) is 1. The lowest BCUT2D eigenvalue weighted by Gasteiger charge is -2.23. The molecular weight excluding hydrogens is 300 g/mol. The third-order valence-corrected chi connectivity index (χ3v) is 6.55. The molecule has 0 aliphatic rings. The van der Waals surface area contributed by atoms with Crippen molar-refractivity contribution in [2.45, 2.75) is 19.9 Å². The third-order valence-electron chi connectivity index (χ3n) is 2.59. The number of benzene rings is 1. The molecule has 0 atom stereocenters. The fraction of sp³-hybridized carbons (Fsp3) is 0.500. The summed E-state index contributed by atoms with van der Waals surface area (Å²) in [6, 6.07) is 6.73. The largest absolute Gasteiger partial charge is 0.326 e. The summed E-state index contributed by atoms with van der Waals surface area (Å²) in [7, 11) is -7.52. The van der Waals surface area contributed by atoms with Crippen LogP contribution in [0.2, 0.25) is 0 Å². The average molecular weight is 320 g/mol. The molecule has 0 aromatic heterocycles. The molecule has 2 N–H and O–H groups in total. The quantitative estimate of drug-likeness (QED) is 0.797. The maximum atomic E-state index is 12.2. The molecular formula is C12H20N2O4S2. The van der Waals surface area contributed by atoms with Crippen molar-refractivity contribution in [2.24, 2.45) is 5.73 Å². The van der Waals surface area contributed by atoms with Gasteiger partial charge in [0.15, 0.2) is 14.9 Å². The van der Waals surface area contributed by atoms with Crippen LogP contribution in [-0.2, 0) is 26.4 Å². The molecule has 114 valence electrons. The first-order chi connectivity index (χ1) is 9.19. The lowest BCUT2D eigenvalue weighted by atomic mass is 10.2. The lowest BCUT2D eigenvalue weighted by Crippen LogP contribution is -2.36. The summed E-state index contributed by atoms with van der Waals surface area (Å²) < 4.78 is 48.1. The van der Waals surface area contributed by atoms with E-state index in [2.05, 4.69) is 0 Å². The van der Waals surface area contributed by atoms with Gasteiger partial charge < -0.3 is 5.73 Å². The van der Waals surface area contributed by atoms with E-state index in [-0.39, 0.29) is 6.54 Å². The Labute approximate surface area is 120 Å². The Balaban J connectivity index is 3.15. The van der Waals surface area contributed by atoms with Crippen molar-refractivity contribution in [3.05, 3.63) is 29.8 Å². The molecule has 0 radical (unpaired) electrons. The number of sulfone groups is 1. The van der Waals surface area contributed by atoms with Crippen molar-refractivity contribution >= 4 is 25.5 Å². The maximum absolute atomic E-state index is 12.2. The summed E-state index contributed by atoms with van der Waals surface area (Å²) in [5, 5.41) is -0.890. The van der Waals surface area contributed by atoms with Gasteiger partial charge in [-0.15, -0.1) is 0 Å². The fourth-order valence-electron chi connectivity index (χ4n) is 1.76. The van der Waals surface area contributed by atoms with Crippen LogP contribution in [-0.4, -0.2) is 34.7 Å². The molecule has 0 saturated heterocycles. The van der Waals surface area contributed by atoms with Gasteiger partial charge in [0.2, 0.25) is 10.0 Å². The van der Waals surface area contributed by atoms with Gasteiger partial charge in [-0.2, -0.15) is 0 Å². The van der Waals surface area contributed by atoms with Crippen molar-refractivity contribution in [1.29, 1.82) is 0 Å². The molecule has 0 unspecified atom stereocenters. The smallest absolute Gasteiger partial charge is 0.249 e. The van der Waals surface area contributed by atoms with Crippen molar-refractivity contribution in [2.75, 3.05) is 22.2 Å². The van der Waals surface area contributed by atoms with Crippen LogP contribution in [0.1, 0.15) is 18.9 Å². The highest BCUT2D eigenvalue weighted by atomic mass is 32.3. The topological polar surface area (TPSA) is 97.5 Å². The monoisotopic (exact) mass is 320 g/mol. The second kappa shape index (κ2) is 6.55. The van der Waals surface area contributed by atoms with Crippen molar-refractivity contribution in [1.82, 2.24) is 0 Å². The second-order valence-corrected chi connectivity index (χ2v) is 9.00. The van der Waals surface area contributed by atoms with E-state index in [4.69, 9.17) is 5.73 Å². The molecule has 0 spiro atoms. The van der Waals surface area contributed by atoms with Crippen LogP contribution in [0, 0.1) is 0 Å². The summed E-state index contributed by atoms with van der Waals surface area (Å²) >= 11 is 0. The molecule has 0 aliphatic carbocycles. The van der Waals surface area contributed by atoms with Crippen LogP contribution in [0.4, 0.5) is 5.69 Å². The van der Waals surface area contributed by atoms with E-state index in [0.29, 0.717) is 18.7 Å². The average Bonchev–Trinajstić information content (AvgIpc) is 2.33. The first-order valence-corrected chi connectivity index (χ1v) is 9.83. The SMILES string of the molecule is CCCN(c1ccc(CN)cc1)S(=O)(=O)CS(C)(=O)=O. The van der Waals surface area contributed by atoms with Gasteiger partial charge in [0, 0.05) is 19.3 Å². The minimum Gasteiger partial charge on any atom is -0.326 e. The third kappa shape index (κ3) is 4.77. The molecule has 8 heteroatoms. The van der Waals surface area contributed by atoms with Gasteiger partial charge in [-0.05, 0) is 24.1 Å². The van der Waals surface area contributed by atoms with E-state index in [0.717, 1.165) is 16.1 Å². The van der Waals surface area contributed by atoms with E-state index < -0.39 is 24.9 Å². The van der Waals surface area contributed by atoms with Gasteiger partial charge >= 0.3 is 0 Å². The van der Waals surface area contributed by atoms with E-state index in [1.165, 1.54) is 0 Å². The highest BCUT2D eigenvalue weighted by Crippen LogP contribution is 2.20. The van der Waals surface area contributed by atoms with E-state index in [1.54, 1.807) is 24.3 Å². The van der Waals surface area contributed by atoms with E-state index in [9.17, 15) is 16.8 Å². The number of hydrogen-bond donors (Lipinski definition) is 1. The predicted octanol–water partition coefficient (Wildman–Crippen LogP) is 0.694. The number of sulfonamides is 1. The standard InChI is InChI=1S/C12H20N2O4S2/c1-3-8-14(20(17,18)10-19(2,15)16)12-6-4-11(9-13)5-7-12/h4-7H,3,8-10,13H2,1-2H3. The zero-order chi connectivity index (χ0) is 15.4. The van der Waals surface area contributed by atoms with E-state index in [1.807, 2.05) is 6.92 Å². The van der Waals surface area contributed by atoms with Crippen molar-refractivity contribution in [3.8, 4) is 0 Å². The zero-order valence-electron chi connectivity index (χ0n) is 11.6. The Bertz CT molecular complexity index is 637. The van der Waals surface area contributed by atoms with Crippen molar-refractivity contribution in [3.63, 3.8) is 0 Å². The van der Waals surface area contributed by atoms with Gasteiger partial charge in [0.05, 0.1) is 5.69 Å². The molecule has 0 saturated carbocycles. The molecule has 1 aromatic carbocycles. The highest BCUT2D eigenvalue weighted by Gasteiger charge is 2.26. The molecule has 0 aliphatic heterocycles. The molecule has 20 heavy (non-hydrogen) atoms. The van der Waals surface area contributed by atoms with Gasteiger partial charge in [-0.1, -0.05) is 19.1 Å². The summed E-state index contributed by atoms with van der Waals surface area (Å²) in [5.41, 5.74) is 6.82. The Morgan fingerprint density at radius 3 is 2.05 bits per heavy atom. The zero-order valence-corrected chi connectivity index (χ0v) is 13.2. The normalized spacial score (nSPS) is 12.3. The highest BCUT2D eigenvalue weighted by molar-refractivity contribution is 8.08. The summed E-state index contributed by atoms with van der Waals surface area (Å²) in [6.07, 6.45) is 1.49. The number of rotatable bonds is 7. The minimum absolute atomic E-state index is 0.236. The van der Waals surface area contributed by atoms with Gasteiger partial charge in [0.1, 0.15) is 0 Å². The van der Waals surface area contributed by atoms with Crippen LogP contribution in [0.15, 0.2) is 24.3 Å². The van der Waals surface area contributed by atoms with Crippen LogP contribution in [0.5, 0.6) is 0 Å². The lowest BCUT2D eigenvalue weighted by molar-refractivity contribution is 0.587. The van der Waals surface area contributed by atoms with Crippen molar-refractivity contribution < 1.29 is 16.8 Å². The summed E-state index contributed by atoms with van der Waals surface area (Å²) in [4.78, 5) is 0. The number of hydrogen-bond acceptors (Lipinski definition) is 5. The molecule has 0 heterocycles. The Kier molecular flexibility index (Phi) is 5.55. The van der Waals surface area contributed by atoms with Crippen LogP contribution >= 0.6 is 0 Å². The molecule has 0 bridgehead atoms. The van der Waals surface area contributed by atoms with Crippen LogP contribution in [0.3, 0.4) is 0 Å². The first-order valence-electron chi connectivity index (χ1n) is 6.16. The molecule has 6 nitrogen and oxygen atoms in total. The second-order valence-electron chi connectivity index (χ2n) is 4.60. The van der Waals surface area contributed by atoms with Gasteiger partial charge in [0.25, 0.3) is 0 Å². The number of anilines is 1. The Morgan fingerprint density at radius 2 is 1.65 bits per heavy atom. The Hall–Kier alpha value is -1.12. The van der Waals surface area contributed by atoms with Gasteiger partial charge in [-0.3, -0.25) is 4.31 Å². The Morgan fingerprint density at radius 1 is 1.10 bits per heavy atom. The van der Waals surface area contributed by atoms with Crippen LogP contribution in [0.25, 0.3) is 0 Å². The molecule has 1 aromatic rings. The molecule has 1 rings (SSSR count).